The number of likely N-dealkylation sites (tertiary alicyclic amines) is 1. The van der Waals surface area contributed by atoms with Gasteiger partial charge in [0.2, 0.25) is 5.91 Å². The van der Waals surface area contributed by atoms with Gasteiger partial charge in [-0.25, -0.2) is 0 Å². The first-order chi connectivity index (χ1) is 12.0. The molecule has 2 aromatic rings. The summed E-state index contributed by atoms with van der Waals surface area (Å²) >= 11 is 0. The van der Waals surface area contributed by atoms with Gasteiger partial charge in [-0.15, -0.1) is 0 Å². The minimum absolute atomic E-state index is 0.00691. The van der Waals surface area contributed by atoms with Crippen molar-refractivity contribution in [3.63, 3.8) is 0 Å². The molecule has 0 unspecified atom stereocenters. The van der Waals surface area contributed by atoms with Crippen LogP contribution in [0.3, 0.4) is 0 Å². The van der Waals surface area contributed by atoms with Crippen molar-refractivity contribution in [3.05, 3.63) is 54.0 Å². The summed E-state index contributed by atoms with van der Waals surface area (Å²) in [6.07, 6.45) is 4.17. The Bertz CT molecular complexity index is 757. The van der Waals surface area contributed by atoms with E-state index in [0.717, 1.165) is 0 Å². The summed E-state index contributed by atoms with van der Waals surface area (Å²) in [6.45, 7) is 2.60. The van der Waals surface area contributed by atoms with Crippen molar-refractivity contribution in [1.29, 1.82) is 0 Å². The topological polar surface area (TPSA) is 79.6 Å². The molecule has 2 amide bonds. The third-order valence-electron chi connectivity index (χ3n) is 4.48. The Hall–Kier alpha value is -2.89. The lowest BCUT2D eigenvalue weighted by atomic mass is 9.95. The van der Waals surface area contributed by atoms with Gasteiger partial charge in [0, 0.05) is 30.3 Å². The minimum atomic E-state index is -0.124. The van der Waals surface area contributed by atoms with Crippen molar-refractivity contribution in [3.8, 4) is 0 Å². The number of carbonyl (C=O) groups is 3. The number of furan rings is 1. The monoisotopic (exact) mass is 340 g/mol. The van der Waals surface area contributed by atoms with Crippen molar-refractivity contribution in [2.75, 3.05) is 18.4 Å². The molecule has 1 fully saturated rings. The third kappa shape index (κ3) is 3.96. The van der Waals surface area contributed by atoms with E-state index in [-0.39, 0.29) is 23.5 Å². The molecule has 0 bridgehead atoms. The Morgan fingerprint density at radius 1 is 1.04 bits per heavy atom. The van der Waals surface area contributed by atoms with Crippen molar-refractivity contribution < 1.29 is 18.8 Å². The largest absolute Gasteiger partial charge is 0.472 e. The summed E-state index contributed by atoms with van der Waals surface area (Å²) in [5, 5.41) is 2.88. The summed E-state index contributed by atoms with van der Waals surface area (Å²) in [4.78, 5) is 37.7. The minimum Gasteiger partial charge on any atom is -0.472 e. The zero-order valence-corrected chi connectivity index (χ0v) is 14.0. The smallest absolute Gasteiger partial charge is 0.257 e. The van der Waals surface area contributed by atoms with Crippen LogP contribution in [0.4, 0.5) is 5.69 Å². The fraction of sp³-hybridized carbons (Fsp3) is 0.316. The summed E-state index contributed by atoms with van der Waals surface area (Å²) in [5.74, 6) is -0.244. The molecular weight excluding hydrogens is 320 g/mol. The van der Waals surface area contributed by atoms with Gasteiger partial charge in [-0.1, -0.05) is 0 Å². The first-order valence-corrected chi connectivity index (χ1v) is 8.28. The molecule has 1 aliphatic heterocycles. The second-order valence-electron chi connectivity index (χ2n) is 6.20. The number of amides is 2. The maximum atomic E-state index is 12.4. The number of nitrogens with zero attached hydrogens (tertiary/aromatic N) is 1. The number of Topliss-reactive ketones (excluding diaryl/α,β-unsaturated/α-hetero) is 1. The van der Waals surface area contributed by atoms with Crippen LogP contribution in [0.2, 0.25) is 0 Å². The number of nitrogens with one attached hydrogen (secondary N) is 1. The highest BCUT2D eigenvalue weighted by Gasteiger charge is 2.28. The molecule has 25 heavy (non-hydrogen) atoms. The van der Waals surface area contributed by atoms with Gasteiger partial charge in [0.15, 0.2) is 5.78 Å². The molecule has 130 valence electrons. The van der Waals surface area contributed by atoms with E-state index in [0.29, 0.717) is 42.7 Å². The summed E-state index contributed by atoms with van der Waals surface area (Å²) in [6, 6.07) is 8.50. The molecule has 1 aromatic heterocycles. The highest BCUT2D eigenvalue weighted by molar-refractivity contribution is 5.96. The number of hydrogen-bond donors (Lipinski definition) is 1. The fourth-order valence-electron chi connectivity index (χ4n) is 2.95. The highest BCUT2D eigenvalue weighted by atomic mass is 16.3. The predicted molar refractivity (Wildman–Crippen MR) is 92.4 cm³/mol. The SMILES string of the molecule is CC(=O)c1ccc(NC(=O)C2CCN(C(=O)c3ccoc3)CC2)cc1. The molecule has 6 heteroatoms. The lowest BCUT2D eigenvalue weighted by Gasteiger charge is -2.31. The maximum absolute atomic E-state index is 12.4. The molecular formula is C19H20N2O4. The number of carbonyl (C=O) groups excluding carboxylic acids is 3. The van der Waals surface area contributed by atoms with Crippen LogP contribution < -0.4 is 5.32 Å². The van der Waals surface area contributed by atoms with Crippen LogP contribution in [0.15, 0.2) is 47.3 Å². The normalized spacial score (nSPS) is 15.0. The Morgan fingerprint density at radius 3 is 2.28 bits per heavy atom. The van der Waals surface area contributed by atoms with E-state index < -0.39 is 0 Å². The average Bonchev–Trinajstić information content (AvgIpc) is 3.16. The van der Waals surface area contributed by atoms with Crippen LogP contribution in [0.25, 0.3) is 0 Å². The van der Waals surface area contributed by atoms with E-state index in [1.165, 1.54) is 19.5 Å². The molecule has 1 aliphatic rings. The van der Waals surface area contributed by atoms with Gasteiger partial charge in [0.25, 0.3) is 5.91 Å². The van der Waals surface area contributed by atoms with E-state index in [2.05, 4.69) is 5.32 Å². The molecule has 1 N–H and O–H groups in total. The van der Waals surface area contributed by atoms with Gasteiger partial charge >= 0.3 is 0 Å². The van der Waals surface area contributed by atoms with E-state index in [4.69, 9.17) is 4.42 Å². The Labute approximate surface area is 145 Å². The van der Waals surface area contributed by atoms with Crippen molar-refractivity contribution >= 4 is 23.3 Å². The standard InChI is InChI=1S/C19H20N2O4/c1-13(22)14-2-4-17(5-3-14)20-18(23)15-6-9-21(10-7-15)19(24)16-8-11-25-12-16/h2-5,8,11-12,15H,6-7,9-10H2,1H3,(H,20,23). The number of benzene rings is 1. The van der Waals surface area contributed by atoms with E-state index in [1.807, 2.05) is 0 Å². The zero-order valence-electron chi connectivity index (χ0n) is 14.0. The molecule has 0 aliphatic carbocycles. The fourth-order valence-corrected chi connectivity index (χ4v) is 2.95. The first kappa shape index (κ1) is 17.0. The van der Waals surface area contributed by atoms with Crippen LogP contribution >= 0.6 is 0 Å². The van der Waals surface area contributed by atoms with Crippen LogP contribution in [0, 0.1) is 5.92 Å². The Balaban J connectivity index is 1.53. The summed E-state index contributed by atoms with van der Waals surface area (Å²) < 4.78 is 4.94. The molecule has 0 atom stereocenters. The van der Waals surface area contributed by atoms with Crippen LogP contribution in [0.1, 0.15) is 40.5 Å². The highest BCUT2D eigenvalue weighted by Crippen LogP contribution is 2.21. The van der Waals surface area contributed by atoms with Crippen molar-refractivity contribution in [1.82, 2.24) is 4.90 Å². The summed E-state index contributed by atoms with van der Waals surface area (Å²) in [5.41, 5.74) is 1.82. The van der Waals surface area contributed by atoms with Gasteiger partial charge in [-0.3, -0.25) is 14.4 Å². The number of ketones is 1. The third-order valence-corrected chi connectivity index (χ3v) is 4.48. The second-order valence-corrected chi connectivity index (χ2v) is 6.20. The molecule has 6 nitrogen and oxygen atoms in total. The molecule has 3 rings (SSSR count). The van der Waals surface area contributed by atoms with Gasteiger partial charge in [-0.05, 0) is 50.1 Å². The molecule has 0 radical (unpaired) electrons. The predicted octanol–water partition coefficient (Wildman–Crippen LogP) is 2.97. The van der Waals surface area contributed by atoms with Crippen LogP contribution in [0.5, 0.6) is 0 Å². The van der Waals surface area contributed by atoms with E-state index in [1.54, 1.807) is 35.2 Å². The van der Waals surface area contributed by atoms with Gasteiger partial charge in [-0.2, -0.15) is 0 Å². The maximum Gasteiger partial charge on any atom is 0.257 e. The molecule has 0 saturated carbocycles. The van der Waals surface area contributed by atoms with Gasteiger partial charge < -0.3 is 14.6 Å². The number of piperidine rings is 1. The number of anilines is 1. The molecule has 1 aromatic carbocycles. The molecule has 1 saturated heterocycles. The van der Waals surface area contributed by atoms with Crippen LogP contribution in [-0.2, 0) is 4.79 Å². The van der Waals surface area contributed by atoms with Gasteiger partial charge in [0.05, 0.1) is 11.8 Å². The van der Waals surface area contributed by atoms with Crippen molar-refractivity contribution in [2.45, 2.75) is 19.8 Å². The zero-order chi connectivity index (χ0) is 17.8. The quantitative estimate of drug-likeness (QED) is 0.868. The first-order valence-electron chi connectivity index (χ1n) is 8.28. The average molecular weight is 340 g/mol. The number of hydrogen-bond acceptors (Lipinski definition) is 4. The van der Waals surface area contributed by atoms with Crippen molar-refractivity contribution in [2.24, 2.45) is 5.92 Å². The van der Waals surface area contributed by atoms with Gasteiger partial charge in [0.1, 0.15) is 6.26 Å². The second kappa shape index (κ2) is 7.34. The van der Waals surface area contributed by atoms with E-state index in [9.17, 15) is 14.4 Å². The van der Waals surface area contributed by atoms with E-state index >= 15 is 0 Å². The lowest BCUT2D eigenvalue weighted by molar-refractivity contribution is -0.121. The van der Waals surface area contributed by atoms with Crippen LogP contribution in [-0.4, -0.2) is 35.6 Å². The Kier molecular flexibility index (Phi) is 4.97. The molecule has 0 spiro atoms. The number of rotatable bonds is 4. The molecule has 2 heterocycles. The Morgan fingerprint density at radius 2 is 1.72 bits per heavy atom. The summed E-state index contributed by atoms with van der Waals surface area (Å²) in [7, 11) is 0. The lowest BCUT2D eigenvalue weighted by Crippen LogP contribution is -2.41.